The summed E-state index contributed by atoms with van der Waals surface area (Å²) in [5, 5.41) is 12.8. The molecule has 9 heteroatoms. The fourth-order valence-electron chi connectivity index (χ4n) is 6.91. The molecule has 1 aromatic heterocycles. The lowest BCUT2D eigenvalue weighted by molar-refractivity contribution is -0.142. The number of nitrogens with zero attached hydrogens (tertiary/aromatic N) is 2. The summed E-state index contributed by atoms with van der Waals surface area (Å²) in [7, 11) is 0. The van der Waals surface area contributed by atoms with E-state index >= 15 is 0 Å². The first-order chi connectivity index (χ1) is 26.5. The van der Waals surface area contributed by atoms with Crippen LogP contribution in [0, 0.1) is 17.8 Å². The number of amides is 1. The lowest BCUT2D eigenvalue weighted by Crippen LogP contribution is -2.39. The van der Waals surface area contributed by atoms with E-state index in [-0.39, 0.29) is 36.0 Å². The first kappa shape index (κ1) is 41.3. The molecule has 2 unspecified atom stereocenters. The number of benzene rings is 3. The van der Waals surface area contributed by atoms with Gasteiger partial charge in [-0.15, -0.1) is 0 Å². The Morgan fingerprint density at radius 3 is 2.15 bits per heavy atom. The average molecular weight is 748 g/mol. The van der Waals surface area contributed by atoms with Crippen LogP contribution in [0.15, 0.2) is 85.2 Å². The maximum atomic E-state index is 13.7. The molecule has 2 N–H and O–H groups in total. The van der Waals surface area contributed by atoms with Gasteiger partial charge in [0.25, 0.3) is 0 Å². The molecule has 0 spiro atoms. The van der Waals surface area contributed by atoms with Crippen molar-refractivity contribution in [1.82, 2.24) is 15.3 Å². The number of carbonyl (C=O) groups excluding carboxylic acids is 2. The van der Waals surface area contributed by atoms with Crippen LogP contribution in [0.1, 0.15) is 101 Å². The van der Waals surface area contributed by atoms with Crippen molar-refractivity contribution in [3.8, 4) is 28.3 Å². The minimum absolute atomic E-state index is 0.000968. The summed E-state index contributed by atoms with van der Waals surface area (Å²) in [6.45, 7) is 10.5. The number of Topliss-reactive ketones (excluding diaryl/α,β-unsaturated/α-hetero) is 1. The monoisotopic (exact) mass is 747 g/mol. The fourth-order valence-corrected chi connectivity index (χ4v) is 6.91. The van der Waals surface area contributed by atoms with Gasteiger partial charge in [-0.05, 0) is 65.8 Å². The standard InChI is InChI=1S/C46H57N3O6/c1-5-6-7-8-9-23-55-41-20-16-34(17-21-41)39-29-47-43(48-30-39)36-12-10-32(11-13-36)25-37(27-42(50)35-14-18-40(19-15-35)46(2,3)4)44(51)49-28-38(45(52)53)26-33-22-24-54-31-33/h10-21,29-30,33,37-38H,5-9,22-28,31H2,1-4H3,(H,49,51)(H,52,53)/t33?,37-,38?/m1/s1. The van der Waals surface area contributed by atoms with Crippen molar-refractivity contribution in [2.75, 3.05) is 26.4 Å². The smallest absolute Gasteiger partial charge is 0.308 e. The Balaban J connectivity index is 1.23. The lowest BCUT2D eigenvalue weighted by Gasteiger charge is -2.21. The molecule has 1 saturated heterocycles. The quantitative estimate of drug-likeness (QED) is 0.0677. The van der Waals surface area contributed by atoms with Crippen LogP contribution in [0.25, 0.3) is 22.5 Å². The van der Waals surface area contributed by atoms with E-state index in [1.165, 1.54) is 25.7 Å². The molecule has 2 heterocycles. The maximum Gasteiger partial charge on any atom is 0.308 e. The average Bonchev–Trinajstić information content (AvgIpc) is 3.71. The lowest BCUT2D eigenvalue weighted by atomic mass is 9.85. The van der Waals surface area contributed by atoms with Gasteiger partial charge in [-0.1, -0.05) is 114 Å². The third-order valence-electron chi connectivity index (χ3n) is 10.4. The predicted molar refractivity (Wildman–Crippen MR) is 216 cm³/mol. The molecule has 3 aromatic carbocycles. The van der Waals surface area contributed by atoms with Crippen LogP contribution in [-0.2, 0) is 26.2 Å². The highest BCUT2D eigenvalue weighted by atomic mass is 16.5. The third kappa shape index (κ3) is 12.6. The Bertz CT molecular complexity index is 1810. The van der Waals surface area contributed by atoms with E-state index in [0.717, 1.165) is 53.0 Å². The molecule has 3 atom stereocenters. The van der Waals surface area contributed by atoms with Crippen LogP contribution in [0.3, 0.4) is 0 Å². The summed E-state index contributed by atoms with van der Waals surface area (Å²) >= 11 is 0. The molecule has 0 radical (unpaired) electrons. The number of rotatable bonds is 20. The zero-order valence-electron chi connectivity index (χ0n) is 32.9. The van der Waals surface area contributed by atoms with E-state index in [9.17, 15) is 19.5 Å². The highest BCUT2D eigenvalue weighted by Gasteiger charge is 2.28. The van der Waals surface area contributed by atoms with Crippen molar-refractivity contribution in [3.63, 3.8) is 0 Å². The summed E-state index contributed by atoms with van der Waals surface area (Å²) in [5.41, 5.74) is 5.22. The Hall–Kier alpha value is -4.89. The van der Waals surface area contributed by atoms with Crippen molar-refractivity contribution in [2.45, 2.75) is 90.9 Å². The summed E-state index contributed by atoms with van der Waals surface area (Å²) in [4.78, 5) is 48.6. The van der Waals surface area contributed by atoms with Crippen LogP contribution in [0.4, 0.5) is 0 Å². The zero-order valence-corrected chi connectivity index (χ0v) is 32.9. The number of aliphatic carboxylic acids is 1. The molecule has 1 aliphatic rings. The Kier molecular flexibility index (Phi) is 15.1. The van der Waals surface area contributed by atoms with E-state index in [1.807, 2.05) is 85.2 Å². The highest BCUT2D eigenvalue weighted by molar-refractivity contribution is 5.98. The summed E-state index contributed by atoms with van der Waals surface area (Å²) in [5.74, 6) is -1.25. The van der Waals surface area contributed by atoms with Crippen molar-refractivity contribution < 1.29 is 29.0 Å². The SMILES string of the molecule is CCCCCCCOc1ccc(-c2cnc(-c3ccc(C[C@H](CC(=O)c4ccc(C(C)(C)C)cc4)C(=O)NCC(CC4CCOC4)C(=O)O)cc3)nc2)cc1. The van der Waals surface area contributed by atoms with E-state index in [1.54, 1.807) is 0 Å². The zero-order chi connectivity index (χ0) is 39.2. The van der Waals surface area contributed by atoms with Gasteiger partial charge in [-0.25, -0.2) is 9.97 Å². The van der Waals surface area contributed by atoms with Gasteiger partial charge in [0, 0.05) is 61.2 Å². The molecule has 1 fully saturated rings. The first-order valence-corrected chi connectivity index (χ1v) is 19.9. The minimum atomic E-state index is -0.948. The molecule has 9 nitrogen and oxygen atoms in total. The van der Waals surface area contributed by atoms with Gasteiger partial charge in [0.1, 0.15) is 5.75 Å². The molecule has 0 saturated carbocycles. The number of hydrogen-bond donors (Lipinski definition) is 2. The van der Waals surface area contributed by atoms with E-state index in [0.29, 0.717) is 37.4 Å². The number of unbranched alkanes of at least 4 members (excludes halogenated alkanes) is 4. The molecule has 1 aliphatic heterocycles. The van der Waals surface area contributed by atoms with Gasteiger partial charge in [-0.2, -0.15) is 0 Å². The van der Waals surface area contributed by atoms with Gasteiger partial charge in [-0.3, -0.25) is 14.4 Å². The van der Waals surface area contributed by atoms with Crippen molar-refractivity contribution in [1.29, 1.82) is 0 Å². The normalized spacial score (nSPS) is 15.3. The van der Waals surface area contributed by atoms with Gasteiger partial charge in [0.2, 0.25) is 5.91 Å². The van der Waals surface area contributed by atoms with Crippen LogP contribution in [0.2, 0.25) is 0 Å². The molecule has 0 bridgehead atoms. The second-order valence-electron chi connectivity index (χ2n) is 15.9. The van der Waals surface area contributed by atoms with Crippen LogP contribution >= 0.6 is 0 Å². The molecule has 0 aliphatic carbocycles. The second-order valence-corrected chi connectivity index (χ2v) is 15.9. The number of aromatic nitrogens is 2. The first-order valence-electron chi connectivity index (χ1n) is 19.9. The number of ether oxygens (including phenoxy) is 2. The van der Waals surface area contributed by atoms with E-state index in [2.05, 4.69) is 43.0 Å². The van der Waals surface area contributed by atoms with Crippen LogP contribution in [-0.4, -0.2) is 59.1 Å². The van der Waals surface area contributed by atoms with Crippen molar-refractivity contribution in [2.24, 2.45) is 17.8 Å². The summed E-state index contributed by atoms with van der Waals surface area (Å²) < 4.78 is 11.3. The predicted octanol–water partition coefficient (Wildman–Crippen LogP) is 9.13. The highest BCUT2D eigenvalue weighted by Crippen LogP contribution is 2.27. The van der Waals surface area contributed by atoms with Crippen molar-refractivity contribution in [3.05, 3.63) is 102 Å². The third-order valence-corrected chi connectivity index (χ3v) is 10.4. The van der Waals surface area contributed by atoms with Crippen LogP contribution in [0.5, 0.6) is 5.75 Å². The number of nitrogens with one attached hydrogen (secondary N) is 1. The number of ketones is 1. The fraction of sp³-hybridized carbons (Fsp3) is 0.457. The molecular formula is C46H57N3O6. The Morgan fingerprint density at radius 2 is 1.53 bits per heavy atom. The molecule has 55 heavy (non-hydrogen) atoms. The molecule has 5 rings (SSSR count). The van der Waals surface area contributed by atoms with Crippen LogP contribution < -0.4 is 10.1 Å². The second kappa shape index (κ2) is 20.1. The number of carboxylic acid groups (broad SMARTS) is 1. The van der Waals surface area contributed by atoms with Gasteiger partial charge in [0.15, 0.2) is 11.6 Å². The van der Waals surface area contributed by atoms with Gasteiger partial charge >= 0.3 is 5.97 Å². The maximum absolute atomic E-state index is 13.7. The topological polar surface area (TPSA) is 128 Å². The molecule has 4 aromatic rings. The molecule has 1 amide bonds. The number of carboxylic acids is 1. The summed E-state index contributed by atoms with van der Waals surface area (Å²) in [6, 6.07) is 23.3. The summed E-state index contributed by atoms with van der Waals surface area (Å²) in [6.07, 6.45) is 11.2. The molecule has 292 valence electrons. The van der Waals surface area contributed by atoms with Gasteiger partial charge in [0.05, 0.1) is 12.5 Å². The number of carbonyl (C=O) groups is 3. The van der Waals surface area contributed by atoms with Gasteiger partial charge < -0.3 is 19.9 Å². The Labute approximate surface area is 326 Å². The Morgan fingerprint density at radius 1 is 0.855 bits per heavy atom. The molecular weight excluding hydrogens is 691 g/mol. The number of hydrogen-bond acceptors (Lipinski definition) is 7. The minimum Gasteiger partial charge on any atom is -0.494 e. The van der Waals surface area contributed by atoms with E-state index < -0.39 is 17.8 Å². The van der Waals surface area contributed by atoms with Crippen molar-refractivity contribution >= 4 is 17.7 Å². The largest absolute Gasteiger partial charge is 0.494 e. The van der Waals surface area contributed by atoms with E-state index in [4.69, 9.17) is 9.47 Å².